The summed E-state index contributed by atoms with van der Waals surface area (Å²) in [7, 11) is 0. The Hall–Kier alpha value is -3.02. The van der Waals surface area contributed by atoms with Gasteiger partial charge < -0.3 is 5.32 Å². The highest BCUT2D eigenvalue weighted by molar-refractivity contribution is 6.02. The van der Waals surface area contributed by atoms with E-state index in [0.717, 1.165) is 37.3 Å². The van der Waals surface area contributed by atoms with Crippen molar-refractivity contribution in [1.82, 2.24) is 5.43 Å². The molecule has 0 aliphatic heterocycles. The summed E-state index contributed by atoms with van der Waals surface area (Å²) in [5, 5.41) is 7.07. The summed E-state index contributed by atoms with van der Waals surface area (Å²) in [5.74, 6) is -0.820. The number of carbonyl (C=O) groups excluding carboxylic acids is 2. The molecule has 1 saturated carbocycles. The summed E-state index contributed by atoms with van der Waals surface area (Å²) in [6.45, 7) is 1.76. The Labute approximate surface area is 164 Å². The SMILES string of the molecule is C/C(=N/NC(=O)c1cccc(F)c1)c1cccc(NC(=O)C2CCCCC2)c1. The van der Waals surface area contributed by atoms with Gasteiger partial charge in [0.15, 0.2) is 0 Å². The van der Waals surface area contributed by atoms with Crippen molar-refractivity contribution in [2.75, 3.05) is 5.32 Å². The number of hydrazone groups is 1. The van der Waals surface area contributed by atoms with Gasteiger partial charge in [-0.25, -0.2) is 9.82 Å². The number of nitrogens with zero attached hydrogens (tertiary/aromatic N) is 1. The molecule has 28 heavy (non-hydrogen) atoms. The molecule has 0 radical (unpaired) electrons. The van der Waals surface area contributed by atoms with E-state index in [-0.39, 0.29) is 17.4 Å². The molecule has 2 aromatic rings. The molecule has 0 atom stereocenters. The number of hydrogen-bond acceptors (Lipinski definition) is 3. The molecule has 146 valence electrons. The first-order valence-electron chi connectivity index (χ1n) is 9.54. The van der Waals surface area contributed by atoms with Crippen LogP contribution in [-0.4, -0.2) is 17.5 Å². The number of rotatable bonds is 5. The van der Waals surface area contributed by atoms with Crippen LogP contribution in [0.2, 0.25) is 0 Å². The number of carbonyl (C=O) groups is 2. The van der Waals surface area contributed by atoms with Gasteiger partial charge in [-0.1, -0.05) is 37.5 Å². The van der Waals surface area contributed by atoms with E-state index >= 15 is 0 Å². The van der Waals surface area contributed by atoms with Crippen LogP contribution in [-0.2, 0) is 4.79 Å². The van der Waals surface area contributed by atoms with Crippen LogP contribution in [0.1, 0.15) is 54.9 Å². The summed E-state index contributed by atoms with van der Waals surface area (Å²) in [4.78, 5) is 24.5. The van der Waals surface area contributed by atoms with Crippen LogP contribution in [0, 0.1) is 11.7 Å². The van der Waals surface area contributed by atoms with Gasteiger partial charge in [0, 0.05) is 17.2 Å². The average molecular weight is 381 g/mol. The molecule has 0 aromatic heterocycles. The Morgan fingerprint density at radius 2 is 1.71 bits per heavy atom. The highest BCUT2D eigenvalue weighted by Crippen LogP contribution is 2.25. The molecule has 2 amide bonds. The Morgan fingerprint density at radius 1 is 1.00 bits per heavy atom. The van der Waals surface area contributed by atoms with Crippen LogP contribution in [0.15, 0.2) is 53.6 Å². The van der Waals surface area contributed by atoms with Crippen LogP contribution >= 0.6 is 0 Å². The normalized spacial score (nSPS) is 15.1. The highest BCUT2D eigenvalue weighted by atomic mass is 19.1. The Balaban J connectivity index is 1.64. The topological polar surface area (TPSA) is 70.6 Å². The lowest BCUT2D eigenvalue weighted by atomic mass is 9.88. The second-order valence-electron chi connectivity index (χ2n) is 7.05. The third-order valence-corrected chi connectivity index (χ3v) is 4.94. The van der Waals surface area contributed by atoms with Crippen molar-refractivity contribution in [3.8, 4) is 0 Å². The van der Waals surface area contributed by atoms with Gasteiger partial charge in [-0.15, -0.1) is 0 Å². The predicted molar refractivity (Wildman–Crippen MR) is 108 cm³/mol. The van der Waals surface area contributed by atoms with E-state index in [1.807, 2.05) is 24.3 Å². The van der Waals surface area contributed by atoms with Crippen LogP contribution < -0.4 is 10.7 Å². The van der Waals surface area contributed by atoms with Crippen molar-refractivity contribution in [2.45, 2.75) is 39.0 Å². The number of nitrogens with one attached hydrogen (secondary N) is 2. The smallest absolute Gasteiger partial charge is 0.271 e. The van der Waals surface area contributed by atoms with Gasteiger partial charge in [-0.3, -0.25) is 9.59 Å². The van der Waals surface area contributed by atoms with Crippen LogP contribution in [0.4, 0.5) is 10.1 Å². The first-order valence-corrected chi connectivity index (χ1v) is 9.54. The Kier molecular flexibility index (Phi) is 6.53. The average Bonchev–Trinajstić information content (AvgIpc) is 2.72. The van der Waals surface area contributed by atoms with Crippen molar-refractivity contribution in [3.05, 3.63) is 65.5 Å². The lowest BCUT2D eigenvalue weighted by Crippen LogP contribution is -2.24. The molecule has 0 heterocycles. The molecular weight excluding hydrogens is 357 g/mol. The van der Waals surface area contributed by atoms with Crippen molar-refractivity contribution >= 4 is 23.2 Å². The first kappa shape index (κ1) is 19.7. The summed E-state index contributed by atoms with van der Waals surface area (Å²) < 4.78 is 13.2. The van der Waals surface area contributed by atoms with Crippen molar-refractivity contribution in [3.63, 3.8) is 0 Å². The van der Waals surface area contributed by atoms with Crippen LogP contribution in [0.3, 0.4) is 0 Å². The van der Waals surface area contributed by atoms with Gasteiger partial charge in [0.2, 0.25) is 5.91 Å². The minimum atomic E-state index is -0.486. The Bertz CT molecular complexity index is 889. The summed E-state index contributed by atoms with van der Waals surface area (Å²) in [6.07, 6.45) is 5.30. The standard InChI is InChI=1S/C22H24FN3O2/c1-15(25-26-22(28)18-10-5-11-19(23)13-18)17-9-6-12-20(14-17)24-21(27)16-7-3-2-4-8-16/h5-6,9-14,16H,2-4,7-8H2,1H3,(H,24,27)(H,26,28)/b25-15-. The van der Waals surface area contributed by atoms with E-state index in [0.29, 0.717) is 11.4 Å². The monoisotopic (exact) mass is 381 g/mol. The zero-order chi connectivity index (χ0) is 19.9. The molecule has 0 bridgehead atoms. The molecule has 1 fully saturated rings. The number of amides is 2. The fourth-order valence-corrected chi connectivity index (χ4v) is 3.32. The van der Waals surface area contributed by atoms with E-state index in [1.54, 1.807) is 6.92 Å². The lowest BCUT2D eigenvalue weighted by Gasteiger charge is -2.20. The van der Waals surface area contributed by atoms with Crippen molar-refractivity contribution < 1.29 is 14.0 Å². The van der Waals surface area contributed by atoms with E-state index in [2.05, 4.69) is 15.8 Å². The van der Waals surface area contributed by atoms with E-state index in [4.69, 9.17) is 0 Å². The molecular formula is C22H24FN3O2. The highest BCUT2D eigenvalue weighted by Gasteiger charge is 2.21. The lowest BCUT2D eigenvalue weighted by molar-refractivity contribution is -0.120. The van der Waals surface area contributed by atoms with Crippen molar-refractivity contribution in [1.29, 1.82) is 0 Å². The molecule has 2 N–H and O–H groups in total. The summed E-state index contributed by atoms with van der Waals surface area (Å²) in [6, 6.07) is 12.8. The molecule has 0 unspecified atom stereocenters. The quantitative estimate of drug-likeness (QED) is 0.591. The zero-order valence-electron chi connectivity index (χ0n) is 15.9. The molecule has 1 aliphatic rings. The maximum atomic E-state index is 13.2. The predicted octanol–water partition coefficient (Wildman–Crippen LogP) is 4.50. The third kappa shape index (κ3) is 5.25. The molecule has 0 spiro atoms. The second kappa shape index (κ2) is 9.26. The van der Waals surface area contributed by atoms with E-state index < -0.39 is 11.7 Å². The van der Waals surface area contributed by atoms with E-state index in [1.165, 1.54) is 24.6 Å². The fraction of sp³-hybridized carbons (Fsp3) is 0.318. The second-order valence-corrected chi connectivity index (χ2v) is 7.05. The van der Waals surface area contributed by atoms with E-state index in [9.17, 15) is 14.0 Å². The van der Waals surface area contributed by atoms with Gasteiger partial charge in [0.25, 0.3) is 5.91 Å². The molecule has 1 aliphatic carbocycles. The minimum Gasteiger partial charge on any atom is -0.326 e. The van der Waals surface area contributed by atoms with Gasteiger partial charge in [0.05, 0.1) is 5.71 Å². The Morgan fingerprint density at radius 3 is 2.46 bits per heavy atom. The fourth-order valence-electron chi connectivity index (χ4n) is 3.32. The number of anilines is 1. The molecule has 5 nitrogen and oxygen atoms in total. The molecule has 2 aromatic carbocycles. The van der Waals surface area contributed by atoms with Crippen molar-refractivity contribution in [2.24, 2.45) is 11.0 Å². The van der Waals surface area contributed by atoms with Crippen LogP contribution in [0.25, 0.3) is 0 Å². The summed E-state index contributed by atoms with van der Waals surface area (Å²) in [5.41, 5.74) is 4.70. The third-order valence-electron chi connectivity index (χ3n) is 4.94. The van der Waals surface area contributed by atoms with Gasteiger partial charge in [0.1, 0.15) is 5.82 Å². The van der Waals surface area contributed by atoms with Gasteiger partial charge >= 0.3 is 0 Å². The number of hydrogen-bond donors (Lipinski definition) is 2. The first-order chi connectivity index (χ1) is 13.5. The van der Waals surface area contributed by atoms with Gasteiger partial charge in [-0.2, -0.15) is 5.10 Å². The molecule has 3 rings (SSSR count). The molecule has 0 saturated heterocycles. The summed E-state index contributed by atoms with van der Waals surface area (Å²) >= 11 is 0. The largest absolute Gasteiger partial charge is 0.326 e. The zero-order valence-corrected chi connectivity index (χ0v) is 15.9. The maximum absolute atomic E-state index is 13.2. The number of benzene rings is 2. The number of halogens is 1. The van der Waals surface area contributed by atoms with Gasteiger partial charge in [-0.05, 0) is 55.7 Å². The molecule has 6 heteroatoms. The maximum Gasteiger partial charge on any atom is 0.271 e. The van der Waals surface area contributed by atoms with Crippen LogP contribution in [0.5, 0.6) is 0 Å². The minimum absolute atomic E-state index is 0.0610.